The summed E-state index contributed by atoms with van der Waals surface area (Å²) in [6.07, 6.45) is 0. The third kappa shape index (κ3) is 3.73. The van der Waals surface area contributed by atoms with Crippen molar-refractivity contribution in [3.05, 3.63) is 41.0 Å². The van der Waals surface area contributed by atoms with Gasteiger partial charge in [0.1, 0.15) is 22.4 Å². The molecule has 1 aromatic heterocycles. The number of hydrogen-bond donors (Lipinski definition) is 2. The summed E-state index contributed by atoms with van der Waals surface area (Å²) in [4.78, 5) is 3.37. The van der Waals surface area contributed by atoms with Gasteiger partial charge in [-0.3, -0.25) is 5.10 Å². The average Bonchev–Trinajstić information content (AvgIpc) is 2.86. The van der Waals surface area contributed by atoms with Crippen LogP contribution in [0.4, 0.5) is 8.78 Å². The fourth-order valence-corrected chi connectivity index (χ4v) is 3.46. The van der Waals surface area contributed by atoms with Crippen molar-refractivity contribution in [3.63, 3.8) is 0 Å². The molecule has 1 aromatic carbocycles. The predicted octanol–water partition coefficient (Wildman–Crippen LogP) is 2.38. The molecule has 1 heterocycles. The number of H-pyrrole nitrogens is 1. The fourth-order valence-electron chi connectivity index (χ4n) is 2.05. The summed E-state index contributed by atoms with van der Waals surface area (Å²) in [7, 11) is -4.27. The molecule has 0 aliphatic carbocycles. The number of aryl methyl sites for hydroxylation is 2. The molecule has 2 aromatic rings. The Morgan fingerprint density at radius 3 is 2.35 bits per heavy atom. The van der Waals surface area contributed by atoms with Crippen molar-refractivity contribution in [2.75, 3.05) is 0 Å². The quantitative estimate of drug-likeness (QED) is 0.872. The standard InChI is InChI=1S/C14H18F2N4O2S/c1-7(2)13(14-17-9(4)18-19-14)20-23(21,22)12-6-10(15)8(3)5-11(12)16/h5-7,13,20H,1-4H3,(H,17,18,19). The van der Waals surface area contributed by atoms with Crippen LogP contribution in [0.15, 0.2) is 17.0 Å². The SMILES string of the molecule is Cc1nc(C(NS(=O)(=O)c2cc(F)c(C)cc2F)C(C)C)n[nH]1. The molecule has 126 valence electrons. The van der Waals surface area contributed by atoms with Crippen molar-refractivity contribution in [3.8, 4) is 0 Å². The predicted molar refractivity (Wildman–Crippen MR) is 80.1 cm³/mol. The van der Waals surface area contributed by atoms with E-state index in [2.05, 4.69) is 19.9 Å². The van der Waals surface area contributed by atoms with Crippen LogP contribution in [0, 0.1) is 31.4 Å². The number of hydrogen-bond acceptors (Lipinski definition) is 4. The maximum Gasteiger partial charge on any atom is 0.244 e. The highest BCUT2D eigenvalue weighted by molar-refractivity contribution is 7.89. The lowest BCUT2D eigenvalue weighted by Gasteiger charge is -2.19. The van der Waals surface area contributed by atoms with E-state index in [1.54, 1.807) is 20.8 Å². The van der Waals surface area contributed by atoms with Gasteiger partial charge in [0.2, 0.25) is 10.0 Å². The van der Waals surface area contributed by atoms with Gasteiger partial charge < -0.3 is 0 Å². The molecule has 0 bridgehead atoms. The molecule has 0 radical (unpaired) electrons. The Labute approximate surface area is 133 Å². The topological polar surface area (TPSA) is 87.7 Å². The molecule has 1 unspecified atom stereocenters. The van der Waals surface area contributed by atoms with Gasteiger partial charge in [0.25, 0.3) is 0 Å². The molecule has 2 N–H and O–H groups in total. The minimum absolute atomic E-state index is 0.0338. The molecule has 0 aliphatic heterocycles. The smallest absolute Gasteiger partial charge is 0.244 e. The maximum atomic E-state index is 14.0. The molecule has 1 atom stereocenters. The number of rotatable bonds is 5. The van der Waals surface area contributed by atoms with E-state index in [0.717, 1.165) is 6.07 Å². The van der Waals surface area contributed by atoms with Gasteiger partial charge in [-0.05, 0) is 37.5 Å². The van der Waals surface area contributed by atoms with Crippen LogP contribution in [0.5, 0.6) is 0 Å². The van der Waals surface area contributed by atoms with E-state index in [1.165, 1.54) is 6.92 Å². The van der Waals surface area contributed by atoms with Crippen LogP contribution in [-0.2, 0) is 10.0 Å². The number of nitrogens with one attached hydrogen (secondary N) is 2. The van der Waals surface area contributed by atoms with E-state index in [0.29, 0.717) is 11.9 Å². The van der Waals surface area contributed by atoms with Crippen LogP contribution in [0.25, 0.3) is 0 Å². The first-order valence-corrected chi connectivity index (χ1v) is 8.47. The number of aromatic nitrogens is 3. The van der Waals surface area contributed by atoms with Crippen LogP contribution < -0.4 is 4.72 Å². The lowest BCUT2D eigenvalue weighted by Crippen LogP contribution is -2.33. The minimum atomic E-state index is -4.27. The summed E-state index contributed by atoms with van der Waals surface area (Å²) in [6.45, 7) is 6.57. The van der Waals surface area contributed by atoms with Crippen molar-refractivity contribution in [2.24, 2.45) is 5.92 Å². The fraction of sp³-hybridized carbons (Fsp3) is 0.429. The third-order valence-electron chi connectivity index (χ3n) is 3.34. The molecule has 0 spiro atoms. The van der Waals surface area contributed by atoms with Crippen molar-refractivity contribution >= 4 is 10.0 Å². The Balaban J connectivity index is 2.41. The van der Waals surface area contributed by atoms with Crippen molar-refractivity contribution < 1.29 is 17.2 Å². The van der Waals surface area contributed by atoms with Crippen LogP contribution in [0.3, 0.4) is 0 Å². The summed E-state index contributed by atoms with van der Waals surface area (Å²) in [5, 5.41) is 6.57. The van der Waals surface area contributed by atoms with Crippen molar-refractivity contribution in [1.82, 2.24) is 19.9 Å². The number of benzene rings is 1. The lowest BCUT2D eigenvalue weighted by atomic mass is 10.1. The number of nitrogens with zero attached hydrogens (tertiary/aromatic N) is 2. The Kier molecular flexibility index (Phi) is 4.81. The van der Waals surface area contributed by atoms with Gasteiger partial charge in [-0.1, -0.05) is 13.8 Å². The molecular weight excluding hydrogens is 326 g/mol. The molecule has 9 heteroatoms. The lowest BCUT2D eigenvalue weighted by molar-refractivity contribution is 0.442. The third-order valence-corrected chi connectivity index (χ3v) is 4.80. The van der Waals surface area contributed by atoms with Crippen molar-refractivity contribution in [2.45, 2.75) is 38.6 Å². The van der Waals surface area contributed by atoms with Gasteiger partial charge in [-0.25, -0.2) is 22.2 Å². The van der Waals surface area contributed by atoms with Gasteiger partial charge in [0.05, 0.1) is 6.04 Å². The minimum Gasteiger partial charge on any atom is -0.263 e. The number of aromatic amines is 1. The van der Waals surface area contributed by atoms with Gasteiger partial charge in [0.15, 0.2) is 5.82 Å². The zero-order chi connectivity index (χ0) is 17.4. The Morgan fingerprint density at radius 1 is 1.17 bits per heavy atom. The van der Waals surface area contributed by atoms with E-state index in [-0.39, 0.29) is 17.3 Å². The molecule has 2 rings (SSSR count). The zero-order valence-electron chi connectivity index (χ0n) is 13.2. The zero-order valence-corrected chi connectivity index (χ0v) is 14.0. The second-order valence-corrected chi connectivity index (χ2v) is 7.34. The molecule has 6 nitrogen and oxygen atoms in total. The summed E-state index contributed by atoms with van der Waals surface area (Å²) in [6, 6.07) is 0.757. The van der Waals surface area contributed by atoms with Gasteiger partial charge in [-0.15, -0.1) is 0 Å². The second kappa shape index (κ2) is 6.32. The maximum absolute atomic E-state index is 14.0. The first-order valence-electron chi connectivity index (χ1n) is 6.98. The molecule has 0 fully saturated rings. The highest BCUT2D eigenvalue weighted by Gasteiger charge is 2.29. The molecule has 0 saturated carbocycles. The summed E-state index contributed by atoms with van der Waals surface area (Å²) >= 11 is 0. The number of halogens is 2. The van der Waals surface area contributed by atoms with E-state index in [4.69, 9.17) is 0 Å². The molecule has 0 saturated heterocycles. The first kappa shape index (κ1) is 17.5. The van der Waals surface area contributed by atoms with E-state index < -0.39 is 32.6 Å². The Bertz CT molecular complexity index is 818. The summed E-state index contributed by atoms with van der Waals surface area (Å²) in [5.41, 5.74) is 0.0338. The van der Waals surface area contributed by atoms with E-state index >= 15 is 0 Å². The van der Waals surface area contributed by atoms with E-state index in [9.17, 15) is 17.2 Å². The highest BCUT2D eigenvalue weighted by Crippen LogP contribution is 2.24. The van der Waals surface area contributed by atoms with Gasteiger partial charge in [0, 0.05) is 0 Å². The van der Waals surface area contributed by atoms with Crippen LogP contribution in [0.2, 0.25) is 0 Å². The first-order chi connectivity index (χ1) is 10.6. The number of sulfonamides is 1. The molecule has 0 amide bonds. The second-order valence-electron chi connectivity index (χ2n) is 5.65. The van der Waals surface area contributed by atoms with Gasteiger partial charge >= 0.3 is 0 Å². The average molecular weight is 344 g/mol. The van der Waals surface area contributed by atoms with Crippen LogP contribution in [0.1, 0.15) is 37.1 Å². The van der Waals surface area contributed by atoms with E-state index in [1.807, 2.05) is 0 Å². The molecule has 23 heavy (non-hydrogen) atoms. The largest absolute Gasteiger partial charge is 0.263 e. The highest BCUT2D eigenvalue weighted by atomic mass is 32.2. The van der Waals surface area contributed by atoms with Crippen LogP contribution >= 0.6 is 0 Å². The molecular formula is C14H18F2N4O2S. The normalized spacial score (nSPS) is 13.5. The molecule has 0 aliphatic rings. The van der Waals surface area contributed by atoms with Gasteiger partial charge in [-0.2, -0.15) is 9.82 Å². The van der Waals surface area contributed by atoms with Crippen LogP contribution in [-0.4, -0.2) is 23.6 Å². The summed E-state index contributed by atoms with van der Waals surface area (Å²) < 4.78 is 54.8. The van der Waals surface area contributed by atoms with Crippen molar-refractivity contribution in [1.29, 1.82) is 0 Å². The monoisotopic (exact) mass is 344 g/mol. The Morgan fingerprint density at radius 2 is 1.83 bits per heavy atom. The summed E-state index contributed by atoms with van der Waals surface area (Å²) in [5.74, 6) is -1.23. The Hall–Kier alpha value is -1.87.